The van der Waals surface area contributed by atoms with E-state index >= 15 is 0 Å². The summed E-state index contributed by atoms with van der Waals surface area (Å²) in [5.41, 5.74) is 0.793. The molecule has 0 bridgehead atoms. The second-order valence-corrected chi connectivity index (χ2v) is 7.83. The Kier molecular flexibility index (Phi) is 6.71. The number of carbonyl (C=O) groups is 3. The summed E-state index contributed by atoms with van der Waals surface area (Å²) in [7, 11) is 0. The third-order valence-corrected chi connectivity index (χ3v) is 5.80. The van der Waals surface area contributed by atoms with Gasteiger partial charge in [0.25, 0.3) is 0 Å². The van der Waals surface area contributed by atoms with E-state index in [1.807, 2.05) is 13.8 Å². The zero-order valence-electron chi connectivity index (χ0n) is 17.1. The molecule has 0 radical (unpaired) electrons. The van der Waals surface area contributed by atoms with Crippen molar-refractivity contribution in [2.75, 3.05) is 26.2 Å². The van der Waals surface area contributed by atoms with Crippen LogP contribution < -0.4 is 5.32 Å². The topological polar surface area (TPSA) is 73.0 Å². The van der Waals surface area contributed by atoms with Crippen LogP contribution in [0, 0.1) is 5.82 Å². The van der Waals surface area contributed by atoms with E-state index in [4.69, 9.17) is 0 Å². The van der Waals surface area contributed by atoms with E-state index in [0.29, 0.717) is 45.6 Å². The summed E-state index contributed by atoms with van der Waals surface area (Å²) in [5.74, 6) is -1.33. The van der Waals surface area contributed by atoms with E-state index in [2.05, 4.69) is 5.32 Å². The molecule has 2 fully saturated rings. The second kappa shape index (κ2) is 9.24. The van der Waals surface area contributed by atoms with E-state index < -0.39 is 11.8 Å². The van der Waals surface area contributed by atoms with Crippen molar-refractivity contribution >= 4 is 17.8 Å². The maximum absolute atomic E-state index is 13.0. The summed E-state index contributed by atoms with van der Waals surface area (Å²) in [4.78, 5) is 42.4. The second-order valence-electron chi connectivity index (χ2n) is 7.83. The van der Waals surface area contributed by atoms with E-state index in [-0.39, 0.29) is 23.9 Å². The molecule has 4 amide bonds. The van der Waals surface area contributed by atoms with Gasteiger partial charge in [-0.2, -0.15) is 0 Å². The van der Waals surface area contributed by atoms with E-state index in [9.17, 15) is 18.8 Å². The highest BCUT2D eigenvalue weighted by molar-refractivity contribution is 6.35. The van der Waals surface area contributed by atoms with E-state index in [0.717, 1.165) is 12.0 Å². The number of nitrogens with zero attached hydrogens (tertiary/aromatic N) is 3. The minimum absolute atomic E-state index is 0.0212. The number of urea groups is 1. The molecule has 0 unspecified atom stereocenters. The summed E-state index contributed by atoms with van der Waals surface area (Å²) in [6, 6.07) is 6.00. The minimum atomic E-state index is -0.516. The van der Waals surface area contributed by atoms with Crippen LogP contribution in [0.1, 0.15) is 38.7 Å². The Bertz CT molecular complexity index is 747. The molecule has 0 aliphatic carbocycles. The zero-order valence-corrected chi connectivity index (χ0v) is 17.1. The first-order valence-electron chi connectivity index (χ1n) is 10.3. The van der Waals surface area contributed by atoms with E-state index in [1.165, 1.54) is 17.0 Å². The largest absolute Gasteiger partial charge is 0.336 e. The van der Waals surface area contributed by atoms with Crippen molar-refractivity contribution in [3.63, 3.8) is 0 Å². The van der Waals surface area contributed by atoms with Gasteiger partial charge in [-0.05, 0) is 43.9 Å². The molecule has 0 aromatic heterocycles. The molecule has 158 valence electrons. The Morgan fingerprint density at radius 3 is 2.38 bits per heavy atom. The molecule has 8 heteroatoms. The maximum Gasteiger partial charge on any atom is 0.317 e. The zero-order chi connectivity index (χ0) is 21.0. The number of piperidine rings is 1. The van der Waals surface area contributed by atoms with Gasteiger partial charge in [-0.1, -0.05) is 19.1 Å². The normalized spacial score (nSPS) is 19.5. The number of halogens is 1. The average Bonchev–Trinajstić information content (AvgIpc) is 2.73. The van der Waals surface area contributed by atoms with Gasteiger partial charge in [-0.15, -0.1) is 0 Å². The van der Waals surface area contributed by atoms with Crippen molar-refractivity contribution in [1.29, 1.82) is 0 Å². The lowest BCUT2D eigenvalue weighted by Gasteiger charge is -2.42. The van der Waals surface area contributed by atoms with Gasteiger partial charge in [0.15, 0.2) is 0 Å². The predicted octanol–water partition coefficient (Wildman–Crippen LogP) is 1.97. The van der Waals surface area contributed by atoms with Crippen LogP contribution in [0.2, 0.25) is 0 Å². The monoisotopic (exact) mass is 404 g/mol. The van der Waals surface area contributed by atoms with Gasteiger partial charge in [0, 0.05) is 44.8 Å². The molecule has 1 aromatic carbocycles. The fourth-order valence-electron chi connectivity index (χ4n) is 3.78. The van der Waals surface area contributed by atoms with Gasteiger partial charge < -0.3 is 20.0 Å². The van der Waals surface area contributed by atoms with Crippen LogP contribution in [-0.2, 0) is 16.1 Å². The van der Waals surface area contributed by atoms with Crippen LogP contribution in [0.25, 0.3) is 0 Å². The summed E-state index contributed by atoms with van der Waals surface area (Å²) in [5, 5.41) is 2.96. The predicted molar refractivity (Wildman–Crippen MR) is 106 cm³/mol. The highest BCUT2D eigenvalue weighted by Gasteiger charge is 2.38. The molecule has 7 nitrogen and oxygen atoms in total. The van der Waals surface area contributed by atoms with Gasteiger partial charge in [0.1, 0.15) is 5.82 Å². The Balaban J connectivity index is 1.52. The highest BCUT2D eigenvalue weighted by Crippen LogP contribution is 2.21. The number of carbonyl (C=O) groups excluding carboxylic acids is 3. The number of piperazine rings is 1. The molecule has 2 aliphatic rings. The molecule has 29 heavy (non-hydrogen) atoms. The van der Waals surface area contributed by atoms with Crippen LogP contribution >= 0.6 is 0 Å². The minimum Gasteiger partial charge on any atom is -0.336 e. The molecular weight excluding hydrogens is 375 g/mol. The van der Waals surface area contributed by atoms with E-state index in [1.54, 1.807) is 21.9 Å². The molecule has 0 saturated carbocycles. The number of hydrogen-bond acceptors (Lipinski definition) is 3. The van der Waals surface area contributed by atoms with Crippen molar-refractivity contribution in [3.05, 3.63) is 35.6 Å². The molecule has 1 N–H and O–H groups in total. The first-order chi connectivity index (χ1) is 13.9. The van der Waals surface area contributed by atoms with Gasteiger partial charge in [-0.3, -0.25) is 9.59 Å². The Labute approximate surface area is 170 Å². The summed E-state index contributed by atoms with van der Waals surface area (Å²) in [6.07, 6.45) is 2.22. The summed E-state index contributed by atoms with van der Waals surface area (Å²) in [6.45, 7) is 6.38. The van der Waals surface area contributed by atoms with Crippen LogP contribution in [0.4, 0.5) is 9.18 Å². The smallest absolute Gasteiger partial charge is 0.317 e. The van der Waals surface area contributed by atoms with Crippen molar-refractivity contribution < 1.29 is 18.8 Å². The molecule has 0 spiro atoms. The Morgan fingerprint density at radius 1 is 1.10 bits per heavy atom. The highest BCUT2D eigenvalue weighted by atomic mass is 19.1. The molecule has 2 aliphatic heterocycles. The first kappa shape index (κ1) is 21.1. The van der Waals surface area contributed by atoms with Crippen molar-refractivity contribution in [2.45, 2.75) is 51.7 Å². The van der Waals surface area contributed by atoms with Crippen molar-refractivity contribution in [2.24, 2.45) is 0 Å². The fraction of sp³-hybridized carbons (Fsp3) is 0.571. The summed E-state index contributed by atoms with van der Waals surface area (Å²) < 4.78 is 13.0. The summed E-state index contributed by atoms with van der Waals surface area (Å²) >= 11 is 0. The quantitative estimate of drug-likeness (QED) is 0.763. The number of nitrogens with one attached hydrogen (secondary N) is 1. The van der Waals surface area contributed by atoms with Gasteiger partial charge in [-0.25, -0.2) is 9.18 Å². The van der Waals surface area contributed by atoms with Crippen LogP contribution in [0.15, 0.2) is 24.3 Å². The number of likely N-dealkylation sites (tertiary alicyclic amines) is 1. The number of benzene rings is 1. The number of hydrogen-bond donors (Lipinski definition) is 1. The Hall–Kier alpha value is -2.64. The lowest BCUT2D eigenvalue weighted by molar-refractivity contribution is -0.158. The number of amides is 4. The maximum atomic E-state index is 13.0. The van der Waals surface area contributed by atoms with Gasteiger partial charge in [0.2, 0.25) is 0 Å². The first-order valence-corrected chi connectivity index (χ1v) is 10.3. The van der Waals surface area contributed by atoms with Gasteiger partial charge >= 0.3 is 17.8 Å². The SMILES string of the molecule is CC[C@H](C)NC(=O)N1CCC(N2CCN(Cc3ccc(F)cc3)C(=O)C2=O)CC1. The molecule has 1 atom stereocenters. The number of rotatable bonds is 5. The van der Waals surface area contributed by atoms with Crippen LogP contribution in [0.5, 0.6) is 0 Å². The lowest BCUT2D eigenvalue weighted by Crippen LogP contribution is -2.59. The van der Waals surface area contributed by atoms with Crippen molar-refractivity contribution in [1.82, 2.24) is 20.0 Å². The average molecular weight is 404 g/mol. The molecule has 2 saturated heterocycles. The third kappa shape index (κ3) is 5.05. The van der Waals surface area contributed by atoms with Crippen molar-refractivity contribution in [3.8, 4) is 0 Å². The molecule has 2 heterocycles. The molecular formula is C21H29FN4O3. The standard InChI is InChI=1S/C21H29FN4O3/c1-3-15(2)23-21(29)24-10-8-18(9-11-24)26-13-12-25(19(27)20(26)28)14-16-4-6-17(22)7-5-16/h4-7,15,18H,3,8-14H2,1-2H3,(H,23,29)/t15-/m0/s1. The molecule has 3 rings (SSSR count). The fourth-order valence-corrected chi connectivity index (χ4v) is 3.78. The van der Waals surface area contributed by atoms with Gasteiger partial charge in [0.05, 0.1) is 0 Å². The third-order valence-electron chi connectivity index (χ3n) is 5.80. The lowest BCUT2D eigenvalue weighted by atomic mass is 10.0. The van der Waals surface area contributed by atoms with Crippen LogP contribution in [-0.4, -0.2) is 70.8 Å². The Morgan fingerprint density at radius 2 is 1.76 bits per heavy atom. The molecule has 1 aromatic rings. The van der Waals surface area contributed by atoms with Crippen LogP contribution in [0.3, 0.4) is 0 Å².